The Morgan fingerprint density at radius 1 is 1.23 bits per heavy atom. The summed E-state index contributed by atoms with van der Waals surface area (Å²) in [5.41, 5.74) is 0.229. The number of nitrogens with one attached hydrogen (secondary N) is 2. The molecular weight excluding hydrogens is 296 g/mol. The molecule has 0 saturated carbocycles. The number of carbonyl (C=O) groups excluding carboxylic acids is 3. The smallest absolute Gasteiger partial charge is 0.259 e. The molecule has 1 rings (SSSR count). The van der Waals surface area contributed by atoms with Crippen LogP contribution < -0.4 is 10.6 Å². The Hall–Kier alpha value is -2.07. The highest BCUT2D eigenvalue weighted by atomic mass is 16.4. The summed E-state index contributed by atoms with van der Waals surface area (Å²) in [5, 5.41) is 41.8. The molecule has 0 unspecified atom stereocenters. The molecule has 0 radical (unpaired) electrons. The highest BCUT2D eigenvalue weighted by molar-refractivity contribution is 6.10. The van der Waals surface area contributed by atoms with Gasteiger partial charge in [0.15, 0.2) is 0 Å². The Bertz CT molecular complexity index is 501. The molecule has 0 fully saturated rings. The number of aliphatic hydroxyl groups excluding tert-OH is 4. The van der Waals surface area contributed by atoms with E-state index in [1.165, 1.54) is 6.08 Å². The van der Waals surface area contributed by atoms with Crippen LogP contribution in [0.25, 0.3) is 0 Å². The normalized spacial score (nSPS) is 19.8. The van der Waals surface area contributed by atoms with Gasteiger partial charge in [-0.15, -0.1) is 0 Å². The Morgan fingerprint density at radius 2 is 1.91 bits per heavy atom. The van der Waals surface area contributed by atoms with Crippen molar-refractivity contribution < 1.29 is 34.8 Å². The van der Waals surface area contributed by atoms with E-state index in [2.05, 4.69) is 10.6 Å². The topological polar surface area (TPSA) is 156 Å². The average Bonchev–Trinajstić information content (AvgIpc) is 2.49. The van der Waals surface area contributed by atoms with Gasteiger partial charge in [0.05, 0.1) is 24.7 Å². The first-order chi connectivity index (χ1) is 10.4. The number of aldehydes is 1. The van der Waals surface area contributed by atoms with Crippen LogP contribution in [-0.2, 0) is 14.4 Å². The molecule has 0 spiro atoms. The second-order valence-electron chi connectivity index (χ2n) is 4.63. The van der Waals surface area contributed by atoms with Crippen LogP contribution in [0.2, 0.25) is 0 Å². The zero-order valence-electron chi connectivity index (χ0n) is 11.6. The minimum absolute atomic E-state index is 0.0519. The van der Waals surface area contributed by atoms with E-state index >= 15 is 0 Å². The van der Waals surface area contributed by atoms with Crippen LogP contribution in [0, 0.1) is 0 Å². The summed E-state index contributed by atoms with van der Waals surface area (Å²) in [4.78, 5) is 33.4. The van der Waals surface area contributed by atoms with E-state index in [0.29, 0.717) is 6.29 Å². The van der Waals surface area contributed by atoms with Gasteiger partial charge in [-0.05, 0) is 12.2 Å². The van der Waals surface area contributed by atoms with E-state index in [1.54, 1.807) is 0 Å². The highest BCUT2D eigenvalue weighted by Crippen LogP contribution is 2.13. The van der Waals surface area contributed by atoms with E-state index in [9.17, 15) is 29.7 Å². The first-order valence-corrected chi connectivity index (χ1v) is 6.48. The number of aliphatic hydroxyl groups is 4. The Kier molecular flexibility index (Phi) is 6.86. The van der Waals surface area contributed by atoms with Gasteiger partial charge in [0.25, 0.3) is 5.91 Å². The molecule has 6 N–H and O–H groups in total. The molecule has 0 aromatic heterocycles. The Balaban J connectivity index is 2.82. The summed E-state index contributed by atoms with van der Waals surface area (Å²) < 4.78 is 0. The summed E-state index contributed by atoms with van der Waals surface area (Å²) in [6.07, 6.45) is -1.97. The van der Waals surface area contributed by atoms with Crippen molar-refractivity contribution in [3.05, 3.63) is 23.4 Å². The Labute approximate surface area is 125 Å². The van der Waals surface area contributed by atoms with Crippen molar-refractivity contribution in [2.75, 3.05) is 13.2 Å². The number of imide groups is 1. The third kappa shape index (κ3) is 4.74. The molecule has 9 heteroatoms. The number of allylic oxidation sites excluding steroid dienone is 1. The number of rotatable bonds is 8. The van der Waals surface area contributed by atoms with Gasteiger partial charge in [-0.3, -0.25) is 19.7 Å². The van der Waals surface area contributed by atoms with Crippen LogP contribution in [0.1, 0.15) is 6.42 Å². The van der Waals surface area contributed by atoms with Gasteiger partial charge in [0.1, 0.15) is 18.5 Å². The van der Waals surface area contributed by atoms with Gasteiger partial charge in [0, 0.05) is 12.2 Å². The van der Waals surface area contributed by atoms with E-state index < -0.39 is 36.7 Å². The third-order valence-corrected chi connectivity index (χ3v) is 3.00. The molecule has 1 aliphatic heterocycles. The minimum atomic E-state index is -1.60. The molecule has 0 saturated heterocycles. The molecule has 1 aliphatic rings. The second-order valence-corrected chi connectivity index (χ2v) is 4.63. The fourth-order valence-electron chi connectivity index (χ4n) is 1.81. The zero-order valence-corrected chi connectivity index (χ0v) is 11.6. The maximum Gasteiger partial charge on any atom is 0.259 e. The second kappa shape index (κ2) is 8.39. The van der Waals surface area contributed by atoms with Gasteiger partial charge >= 0.3 is 0 Å². The lowest BCUT2D eigenvalue weighted by Gasteiger charge is -2.24. The van der Waals surface area contributed by atoms with Crippen molar-refractivity contribution in [1.82, 2.24) is 10.6 Å². The predicted molar refractivity (Wildman–Crippen MR) is 73.1 cm³/mol. The molecule has 9 nitrogen and oxygen atoms in total. The summed E-state index contributed by atoms with van der Waals surface area (Å²) in [6.45, 7) is -0.998. The molecule has 1 heterocycles. The van der Waals surface area contributed by atoms with Crippen LogP contribution in [-0.4, -0.2) is 70.0 Å². The fraction of sp³-hybridized carbons (Fsp3) is 0.462. The molecule has 0 aromatic carbocycles. The first kappa shape index (κ1) is 18.0. The molecule has 122 valence electrons. The predicted octanol–water partition coefficient (Wildman–Crippen LogP) is -3.29. The van der Waals surface area contributed by atoms with Crippen molar-refractivity contribution in [2.45, 2.75) is 24.7 Å². The van der Waals surface area contributed by atoms with E-state index in [4.69, 9.17) is 5.11 Å². The average molecular weight is 314 g/mol. The third-order valence-electron chi connectivity index (χ3n) is 3.00. The van der Waals surface area contributed by atoms with Gasteiger partial charge in [-0.25, -0.2) is 0 Å². The maximum absolute atomic E-state index is 11.7. The standard InChI is InChI=1S/C13H18N2O7/c16-3-1-2-7-8(4-11(20)15-13(7)22)14-5-9(18)12(21)10(19)6-17/h1-3,9-10,12,14,17-19,21H,4-6H2,(H,15,20,22)/b2-1+/t9-,10+,12-/m0/s1. The van der Waals surface area contributed by atoms with Gasteiger partial charge in [-0.1, -0.05) is 0 Å². The van der Waals surface area contributed by atoms with Crippen LogP contribution in [0.15, 0.2) is 23.4 Å². The highest BCUT2D eigenvalue weighted by Gasteiger charge is 2.27. The molecule has 0 aromatic rings. The zero-order chi connectivity index (χ0) is 16.7. The first-order valence-electron chi connectivity index (χ1n) is 6.48. The van der Waals surface area contributed by atoms with Gasteiger partial charge < -0.3 is 25.7 Å². The van der Waals surface area contributed by atoms with Crippen LogP contribution in [0.5, 0.6) is 0 Å². The largest absolute Gasteiger partial charge is 0.394 e. The van der Waals surface area contributed by atoms with E-state index in [-0.39, 0.29) is 24.2 Å². The van der Waals surface area contributed by atoms with E-state index in [1.807, 2.05) is 0 Å². The van der Waals surface area contributed by atoms with E-state index in [0.717, 1.165) is 6.08 Å². The number of carbonyl (C=O) groups is 3. The van der Waals surface area contributed by atoms with Crippen molar-refractivity contribution >= 4 is 18.1 Å². The fourth-order valence-corrected chi connectivity index (χ4v) is 1.81. The lowest BCUT2D eigenvalue weighted by molar-refractivity contribution is -0.129. The number of amides is 2. The quantitative estimate of drug-likeness (QED) is 0.155. The number of hydrogen-bond acceptors (Lipinski definition) is 8. The number of hydrogen-bond donors (Lipinski definition) is 6. The van der Waals surface area contributed by atoms with Crippen LogP contribution in [0.3, 0.4) is 0 Å². The van der Waals surface area contributed by atoms with Crippen molar-refractivity contribution in [3.63, 3.8) is 0 Å². The lowest BCUT2D eigenvalue weighted by Crippen LogP contribution is -2.46. The SMILES string of the molecule is O=C/C=C/C1=C(NC[C@H](O)[C@H](O)[C@H](O)CO)CC(=O)NC1=O. The molecule has 2 amide bonds. The van der Waals surface area contributed by atoms with Crippen molar-refractivity contribution in [3.8, 4) is 0 Å². The molecular formula is C13H18N2O7. The van der Waals surface area contributed by atoms with Crippen molar-refractivity contribution in [2.24, 2.45) is 0 Å². The molecule has 22 heavy (non-hydrogen) atoms. The summed E-state index contributed by atoms with van der Waals surface area (Å²) in [6, 6.07) is 0. The summed E-state index contributed by atoms with van der Waals surface area (Å²) >= 11 is 0. The van der Waals surface area contributed by atoms with Crippen LogP contribution >= 0.6 is 0 Å². The maximum atomic E-state index is 11.7. The lowest BCUT2D eigenvalue weighted by atomic mass is 10.0. The Morgan fingerprint density at radius 3 is 2.50 bits per heavy atom. The monoisotopic (exact) mass is 314 g/mol. The van der Waals surface area contributed by atoms with Crippen LogP contribution in [0.4, 0.5) is 0 Å². The van der Waals surface area contributed by atoms with Gasteiger partial charge in [-0.2, -0.15) is 0 Å². The summed E-state index contributed by atoms with van der Waals surface area (Å²) in [7, 11) is 0. The van der Waals surface area contributed by atoms with Crippen molar-refractivity contribution in [1.29, 1.82) is 0 Å². The molecule has 3 atom stereocenters. The van der Waals surface area contributed by atoms with Gasteiger partial charge in [0.2, 0.25) is 5.91 Å². The molecule has 0 bridgehead atoms. The molecule has 0 aliphatic carbocycles. The minimum Gasteiger partial charge on any atom is -0.394 e. The summed E-state index contributed by atoms with van der Waals surface area (Å²) in [5.74, 6) is -1.25.